The third-order valence-electron chi connectivity index (χ3n) is 6.30. The first-order chi connectivity index (χ1) is 19.5. The van der Waals surface area contributed by atoms with Gasteiger partial charge >= 0.3 is 5.97 Å². The molecule has 5 aromatic rings. The van der Waals surface area contributed by atoms with Crippen molar-refractivity contribution in [3.8, 4) is 34.4 Å². The number of esters is 1. The molecule has 8 nitrogen and oxygen atoms in total. The first-order valence-corrected chi connectivity index (χ1v) is 12.3. The molecule has 0 aliphatic carbocycles. The molecule has 0 N–H and O–H groups in total. The Morgan fingerprint density at radius 2 is 1.60 bits per heavy atom. The van der Waals surface area contributed by atoms with Gasteiger partial charge in [0.25, 0.3) is 5.69 Å². The van der Waals surface area contributed by atoms with Gasteiger partial charge in [0, 0.05) is 17.7 Å². The molecule has 8 heteroatoms. The molecule has 0 bridgehead atoms. The maximum absolute atomic E-state index is 12.5. The Morgan fingerprint density at radius 3 is 2.35 bits per heavy atom. The fourth-order valence-electron chi connectivity index (χ4n) is 4.38. The van der Waals surface area contributed by atoms with Crippen molar-refractivity contribution in [1.82, 2.24) is 0 Å². The van der Waals surface area contributed by atoms with E-state index >= 15 is 0 Å². The summed E-state index contributed by atoms with van der Waals surface area (Å²) in [5.74, 6) is 0.0258. The van der Waals surface area contributed by atoms with Crippen LogP contribution in [0, 0.1) is 21.4 Å². The average Bonchev–Trinajstić information content (AvgIpc) is 2.99. The van der Waals surface area contributed by atoms with Gasteiger partial charge in [-0.15, -0.1) is 0 Å². The number of carbonyl (C=O) groups is 1. The topological polar surface area (TPSA) is 112 Å². The standard InChI is InChI=1S/C32H22N2O6/c1-38-32(35)28-18-31(40-30-14-8-6-12-23(30)19-33)27(17-29(28)34(36)37)26-16-24(15-22-11-5-7-13-25(22)26)39-20-21-9-3-2-4-10-21/h2-18H,20H2,1H3. The van der Waals surface area contributed by atoms with E-state index in [4.69, 9.17) is 14.2 Å². The molecule has 5 aromatic carbocycles. The summed E-state index contributed by atoms with van der Waals surface area (Å²) in [5, 5.41) is 23.3. The molecule has 0 aromatic heterocycles. The van der Waals surface area contributed by atoms with Crippen LogP contribution in [0.3, 0.4) is 0 Å². The molecular formula is C32H22N2O6. The van der Waals surface area contributed by atoms with Crippen molar-refractivity contribution in [2.24, 2.45) is 0 Å². The Hall–Kier alpha value is -5.68. The highest BCUT2D eigenvalue weighted by molar-refractivity contribution is 6.02. The number of hydrogen-bond acceptors (Lipinski definition) is 7. The van der Waals surface area contributed by atoms with Crippen LogP contribution in [0.1, 0.15) is 21.5 Å². The molecule has 0 aliphatic heterocycles. The lowest BCUT2D eigenvalue weighted by Crippen LogP contribution is -2.07. The van der Waals surface area contributed by atoms with Gasteiger partial charge < -0.3 is 14.2 Å². The van der Waals surface area contributed by atoms with Crippen LogP contribution in [0.25, 0.3) is 21.9 Å². The number of methoxy groups -OCH3 is 1. The van der Waals surface area contributed by atoms with Gasteiger partial charge in [0.2, 0.25) is 0 Å². The predicted molar refractivity (Wildman–Crippen MR) is 149 cm³/mol. The minimum atomic E-state index is -0.888. The monoisotopic (exact) mass is 530 g/mol. The number of nitro groups is 1. The zero-order chi connectivity index (χ0) is 28.1. The Bertz CT molecular complexity index is 1780. The normalized spacial score (nSPS) is 10.5. The third-order valence-corrected chi connectivity index (χ3v) is 6.30. The number of ether oxygens (including phenoxy) is 3. The van der Waals surface area contributed by atoms with Gasteiger partial charge in [-0.1, -0.05) is 66.7 Å². The SMILES string of the molecule is COC(=O)c1cc(Oc2ccccc2C#N)c(-c2cc(OCc3ccccc3)cc3ccccc23)cc1[N+](=O)[O-]. The second-order valence-corrected chi connectivity index (χ2v) is 8.79. The lowest BCUT2D eigenvalue weighted by Gasteiger charge is -2.17. The van der Waals surface area contributed by atoms with Crippen molar-refractivity contribution in [3.63, 3.8) is 0 Å². The van der Waals surface area contributed by atoms with Gasteiger partial charge in [0.15, 0.2) is 0 Å². The van der Waals surface area contributed by atoms with Crippen molar-refractivity contribution in [2.75, 3.05) is 7.11 Å². The average molecular weight is 531 g/mol. The van der Waals surface area contributed by atoms with E-state index in [1.54, 1.807) is 30.3 Å². The first-order valence-electron chi connectivity index (χ1n) is 12.3. The van der Waals surface area contributed by atoms with Crippen LogP contribution in [-0.4, -0.2) is 18.0 Å². The summed E-state index contributed by atoms with van der Waals surface area (Å²) < 4.78 is 17.1. The number of nitriles is 1. The number of hydrogen-bond donors (Lipinski definition) is 0. The number of nitrogens with zero attached hydrogens (tertiary/aromatic N) is 2. The molecule has 0 atom stereocenters. The number of fused-ring (bicyclic) bond motifs is 1. The number of para-hydroxylation sites is 1. The molecular weight excluding hydrogens is 508 g/mol. The highest BCUT2D eigenvalue weighted by Crippen LogP contribution is 2.43. The van der Waals surface area contributed by atoms with Crippen molar-refractivity contribution in [3.05, 3.63) is 130 Å². The number of rotatable bonds is 8. The van der Waals surface area contributed by atoms with E-state index in [0.717, 1.165) is 23.4 Å². The molecule has 0 spiro atoms. The van der Waals surface area contributed by atoms with Gasteiger partial charge in [-0.25, -0.2) is 4.79 Å². The molecule has 5 rings (SSSR count). The van der Waals surface area contributed by atoms with Crippen molar-refractivity contribution < 1.29 is 23.9 Å². The van der Waals surface area contributed by atoms with Gasteiger partial charge in [-0.2, -0.15) is 5.26 Å². The zero-order valence-corrected chi connectivity index (χ0v) is 21.4. The quantitative estimate of drug-likeness (QED) is 0.116. The van der Waals surface area contributed by atoms with Crippen LogP contribution < -0.4 is 9.47 Å². The summed E-state index contributed by atoms with van der Waals surface area (Å²) in [4.78, 5) is 24.0. The molecule has 0 radical (unpaired) electrons. The maximum Gasteiger partial charge on any atom is 0.345 e. The van der Waals surface area contributed by atoms with Crippen molar-refractivity contribution in [1.29, 1.82) is 5.26 Å². The molecule has 0 amide bonds. The number of benzene rings is 5. The molecule has 0 heterocycles. The number of carbonyl (C=O) groups excluding carboxylic acids is 1. The number of nitro benzene ring substituents is 1. The lowest BCUT2D eigenvalue weighted by atomic mass is 9.95. The predicted octanol–water partition coefficient (Wildman–Crippen LogP) is 7.44. The highest BCUT2D eigenvalue weighted by atomic mass is 16.6. The Morgan fingerprint density at radius 1 is 0.875 bits per heavy atom. The molecule has 40 heavy (non-hydrogen) atoms. The van der Waals surface area contributed by atoms with Gasteiger partial charge in [0.05, 0.1) is 17.6 Å². The van der Waals surface area contributed by atoms with E-state index in [-0.39, 0.29) is 22.6 Å². The third kappa shape index (κ3) is 5.30. The molecule has 0 unspecified atom stereocenters. The summed E-state index contributed by atoms with van der Waals surface area (Å²) in [5.41, 5.74) is 1.45. The summed E-state index contributed by atoms with van der Waals surface area (Å²) in [6.07, 6.45) is 0. The molecule has 0 aliphatic rings. The lowest BCUT2D eigenvalue weighted by molar-refractivity contribution is -0.385. The van der Waals surface area contributed by atoms with E-state index in [2.05, 4.69) is 6.07 Å². The minimum absolute atomic E-state index is 0.138. The van der Waals surface area contributed by atoms with Crippen LogP contribution in [-0.2, 0) is 11.3 Å². The van der Waals surface area contributed by atoms with Crippen LogP contribution in [0.5, 0.6) is 17.2 Å². The Labute approximate surface area is 229 Å². The zero-order valence-electron chi connectivity index (χ0n) is 21.4. The summed E-state index contributed by atoms with van der Waals surface area (Å²) in [6, 6.07) is 32.2. The maximum atomic E-state index is 12.5. The van der Waals surface area contributed by atoms with Gasteiger partial charge in [-0.05, 0) is 46.2 Å². The van der Waals surface area contributed by atoms with E-state index < -0.39 is 16.6 Å². The Kier molecular flexibility index (Phi) is 7.38. The van der Waals surface area contributed by atoms with E-state index in [9.17, 15) is 20.2 Å². The van der Waals surface area contributed by atoms with Crippen LogP contribution in [0.4, 0.5) is 5.69 Å². The van der Waals surface area contributed by atoms with Gasteiger partial charge in [0.1, 0.15) is 35.5 Å². The fourth-order valence-corrected chi connectivity index (χ4v) is 4.38. The van der Waals surface area contributed by atoms with Crippen molar-refractivity contribution in [2.45, 2.75) is 6.61 Å². The molecule has 0 saturated carbocycles. The van der Waals surface area contributed by atoms with Crippen molar-refractivity contribution >= 4 is 22.4 Å². The fraction of sp³-hybridized carbons (Fsp3) is 0.0625. The van der Waals surface area contributed by atoms with Gasteiger partial charge in [-0.3, -0.25) is 10.1 Å². The van der Waals surface area contributed by atoms with Crippen LogP contribution in [0.15, 0.2) is 103 Å². The Balaban J connectivity index is 1.73. The van der Waals surface area contributed by atoms with Crippen LogP contribution in [0.2, 0.25) is 0 Å². The minimum Gasteiger partial charge on any atom is -0.489 e. The summed E-state index contributed by atoms with van der Waals surface area (Å²) in [6.45, 7) is 0.318. The summed E-state index contributed by atoms with van der Waals surface area (Å²) >= 11 is 0. The highest BCUT2D eigenvalue weighted by Gasteiger charge is 2.27. The second kappa shape index (κ2) is 11.4. The molecule has 0 saturated heterocycles. The van der Waals surface area contributed by atoms with E-state index in [1.807, 2.05) is 60.7 Å². The van der Waals surface area contributed by atoms with E-state index in [1.165, 1.54) is 12.1 Å². The summed E-state index contributed by atoms with van der Waals surface area (Å²) in [7, 11) is 1.15. The van der Waals surface area contributed by atoms with E-state index in [0.29, 0.717) is 23.5 Å². The van der Waals surface area contributed by atoms with Crippen LogP contribution >= 0.6 is 0 Å². The molecule has 0 fully saturated rings. The second-order valence-electron chi connectivity index (χ2n) is 8.79. The smallest absolute Gasteiger partial charge is 0.345 e. The first kappa shape index (κ1) is 25.9. The largest absolute Gasteiger partial charge is 0.489 e. The molecule has 196 valence electrons.